The number of esters is 1. The maximum Gasteiger partial charge on any atom is 0.333 e. The number of carbonyl (C=O) groups is 1. The van der Waals surface area contributed by atoms with Gasteiger partial charge in [0, 0.05) is 28.8 Å². The van der Waals surface area contributed by atoms with E-state index < -0.39 is 0 Å². The molecule has 19 heavy (non-hydrogen) atoms. The zero-order valence-electron chi connectivity index (χ0n) is 10.9. The van der Waals surface area contributed by atoms with E-state index in [4.69, 9.17) is 4.74 Å². The fraction of sp³-hybridized carbons (Fsp3) is 0.267. The van der Waals surface area contributed by atoms with Crippen LogP contribution in [0.1, 0.15) is 12.0 Å². The molecule has 0 spiro atoms. The number of nitrogens with zero attached hydrogens (tertiary/aromatic N) is 1. The summed E-state index contributed by atoms with van der Waals surface area (Å²) in [6.07, 6.45) is 4.46. The number of carbonyl (C=O) groups excluding carboxylic acids is 1. The highest BCUT2D eigenvalue weighted by molar-refractivity contribution is 9.10. The molecule has 0 fully saturated rings. The van der Waals surface area contributed by atoms with E-state index in [1.165, 1.54) is 7.11 Å². The first-order chi connectivity index (χ1) is 9.15. The Morgan fingerprint density at radius 2 is 2.37 bits per heavy atom. The lowest BCUT2D eigenvalue weighted by atomic mass is 10.1. The van der Waals surface area contributed by atoms with E-state index in [0.717, 1.165) is 28.8 Å². The summed E-state index contributed by atoms with van der Waals surface area (Å²) in [5, 5.41) is 0. The smallest absolute Gasteiger partial charge is 0.333 e. The monoisotopic (exact) mass is 321 g/mol. The van der Waals surface area contributed by atoms with Gasteiger partial charge in [-0.15, -0.1) is 6.58 Å². The van der Waals surface area contributed by atoms with Gasteiger partial charge in [-0.3, -0.25) is 0 Å². The molecule has 0 unspecified atom stereocenters. The lowest BCUT2D eigenvalue weighted by Gasteiger charge is -2.23. The molecule has 0 N–H and O–H groups in total. The Labute approximate surface area is 121 Å². The zero-order valence-corrected chi connectivity index (χ0v) is 12.4. The van der Waals surface area contributed by atoms with Crippen molar-refractivity contribution in [2.24, 2.45) is 0 Å². The molecule has 3 nitrogen and oxygen atoms in total. The van der Waals surface area contributed by atoms with Gasteiger partial charge in [0.05, 0.1) is 7.11 Å². The second-order valence-electron chi connectivity index (χ2n) is 4.35. The number of halogens is 1. The number of hydrogen-bond acceptors (Lipinski definition) is 3. The Balaban J connectivity index is 2.46. The summed E-state index contributed by atoms with van der Waals surface area (Å²) >= 11 is 3.46. The predicted molar refractivity (Wildman–Crippen MR) is 81.2 cm³/mol. The fourth-order valence-electron chi connectivity index (χ4n) is 2.20. The number of methoxy groups -OCH3 is 1. The van der Waals surface area contributed by atoms with Gasteiger partial charge < -0.3 is 9.64 Å². The summed E-state index contributed by atoms with van der Waals surface area (Å²) in [4.78, 5) is 13.9. The van der Waals surface area contributed by atoms with Crippen LogP contribution in [-0.4, -0.2) is 26.2 Å². The molecule has 1 aromatic carbocycles. The molecule has 0 atom stereocenters. The van der Waals surface area contributed by atoms with E-state index >= 15 is 0 Å². The van der Waals surface area contributed by atoms with Crippen molar-refractivity contribution >= 4 is 33.7 Å². The standard InChI is InChI=1S/C15H16BrNO2/c1-3-7-17-8-6-11(15(18)19-2)9-12-10-13(16)4-5-14(12)17/h3-5,9-10H,1,6-8H2,2H3. The number of ether oxygens (including phenoxy) is 1. The topological polar surface area (TPSA) is 29.5 Å². The van der Waals surface area contributed by atoms with Gasteiger partial charge in [0.2, 0.25) is 0 Å². The summed E-state index contributed by atoms with van der Waals surface area (Å²) in [5.41, 5.74) is 2.84. The molecule has 1 heterocycles. The van der Waals surface area contributed by atoms with Gasteiger partial charge in [0.1, 0.15) is 0 Å². The molecule has 0 saturated carbocycles. The maximum atomic E-state index is 11.7. The van der Waals surface area contributed by atoms with E-state index in [1.54, 1.807) is 0 Å². The molecular weight excluding hydrogens is 306 g/mol. The van der Waals surface area contributed by atoms with Gasteiger partial charge in [-0.25, -0.2) is 4.79 Å². The molecule has 0 amide bonds. The minimum atomic E-state index is -0.258. The van der Waals surface area contributed by atoms with Gasteiger partial charge >= 0.3 is 5.97 Å². The van der Waals surface area contributed by atoms with Crippen molar-refractivity contribution in [3.8, 4) is 0 Å². The summed E-state index contributed by atoms with van der Waals surface area (Å²) in [6.45, 7) is 5.33. The number of hydrogen-bond donors (Lipinski definition) is 0. The Hall–Kier alpha value is -1.55. The van der Waals surface area contributed by atoms with E-state index in [0.29, 0.717) is 12.0 Å². The fourth-order valence-corrected chi connectivity index (χ4v) is 2.58. The zero-order chi connectivity index (χ0) is 13.8. The van der Waals surface area contributed by atoms with Gasteiger partial charge in [0.25, 0.3) is 0 Å². The van der Waals surface area contributed by atoms with Gasteiger partial charge in [-0.2, -0.15) is 0 Å². The number of anilines is 1. The Kier molecular flexibility index (Phi) is 4.43. The average molecular weight is 322 g/mol. The van der Waals surface area contributed by atoms with E-state index in [-0.39, 0.29) is 5.97 Å². The lowest BCUT2D eigenvalue weighted by molar-refractivity contribution is -0.136. The highest BCUT2D eigenvalue weighted by Gasteiger charge is 2.19. The SMILES string of the molecule is C=CCN1CCC(C(=O)OC)=Cc2cc(Br)ccc21. The third-order valence-electron chi connectivity index (χ3n) is 3.11. The van der Waals surface area contributed by atoms with Crippen LogP contribution in [0.25, 0.3) is 6.08 Å². The third-order valence-corrected chi connectivity index (χ3v) is 3.60. The molecular formula is C15H16BrNO2. The first-order valence-corrected chi connectivity index (χ1v) is 6.89. The minimum Gasteiger partial charge on any atom is -0.466 e. The van der Waals surface area contributed by atoms with Crippen LogP contribution in [0.4, 0.5) is 5.69 Å². The summed E-state index contributed by atoms with van der Waals surface area (Å²) in [7, 11) is 1.41. The molecule has 0 aliphatic carbocycles. The van der Waals surface area contributed by atoms with Crippen molar-refractivity contribution in [2.45, 2.75) is 6.42 Å². The van der Waals surface area contributed by atoms with Crippen molar-refractivity contribution in [2.75, 3.05) is 25.1 Å². The van der Waals surface area contributed by atoms with Crippen molar-refractivity contribution in [1.82, 2.24) is 0 Å². The van der Waals surface area contributed by atoms with Gasteiger partial charge in [0.15, 0.2) is 0 Å². The van der Waals surface area contributed by atoms with Crippen LogP contribution in [0, 0.1) is 0 Å². The molecule has 0 radical (unpaired) electrons. The maximum absolute atomic E-state index is 11.7. The first-order valence-electron chi connectivity index (χ1n) is 6.10. The van der Waals surface area contributed by atoms with Crippen molar-refractivity contribution < 1.29 is 9.53 Å². The molecule has 0 saturated heterocycles. The highest BCUT2D eigenvalue weighted by atomic mass is 79.9. The van der Waals surface area contributed by atoms with E-state index in [1.807, 2.05) is 24.3 Å². The molecule has 0 aromatic heterocycles. The summed E-state index contributed by atoms with van der Waals surface area (Å²) in [5.74, 6) is -0.258. The molecule has 2 rings (SSSR count). The third kappa shape index (κ3) is 3.07. The molecule has 100 valence electrons. The second kappa shape index (κ2) is 6.06. The summed E-state index contributed by atoms with van der Waals surface area (Å²) < 4.78 is 5.82. The van der Waals surface area contributed by atoms with Crippen LogP contribution >= 0.6 is 15.9 Å². The lowest BCUT2D eigenvalue weighted by Crippen LogP contribution is -2.25. The largest absolute Gasteiger partial charge is 0.466 e. The number of rotatable bonds is 3. The molecule has 1 aliphatic heterocycles. The quantitative estimate of drug-likeness (QED) is 0.631. The Bertz CT molecular complexity index is 537. The average Bonchev–Trinajstić information content (AvgIpc) is 2.58. The number of fused-ring (bicyclic) bond motifs is 1. The van der Waals surface area contributed by atoms with Crippen LogP contribution in [0.5, 0.6) is 0 Å². The van der Waals surface area contributed by atoms with Crippen LogP contribution in [0.15, 0.2) is 40.9 Å². The highest BCUT2D eigenvalue weighted by Crippen LogP contribution is 2.30. The van der Waals surface area contributed by atoms with Crippen molar-refractivity contribution in [1.29, 1.82) is 0 Å². The predicted octanol–water partition coefficient (Wildman–Crippen LogP) is 3.40. The molecule has 4 heteroatoms. The Morgan fingerprint density at radius 1 is 1.58 bits per heavy atom. The van der Waals surface area contributed by atoms with Crippen LogP contribution in [0.3, 0.4) is 0 Å². The van der Waals surface area contributed by atoms with Crippen molar-refractivity contribution in [3.05, 3.63) is 46.5 Å². The Morgan fingerprint density at radius 3 is 3.05 bits per heavy atom. The van der Waals surface area contributed by atoms with Crippen LogP contribution in [0.2, 0.25) is 0 Å². The first kappa shape index (κ1) is 13.9. The normalized spacial score (nSPS) is 14.2. The summed E-state index contributed by atoms with van der Waals surface area (Å²) in [6, 6.07) is 6.07. The minimum absolute atomic E-state index is 0.258. The number of benzene rings is 1. The van der Waals surface area contributed by atoms with Crippen LogP contribution < -0.4 is 4.90 Å². The van der Waals surface area contributed by atoms with Gasteiger partial charge in [-0.1, -0.05) is 22.0 Å². The molecule has 1 aromatic rings. The second-order valence-corrected chi connectivity index (χ2v) is 5.26. The molecule has 1 aliphatic rings. The van der Waals surface area contributed by atoms with E-state index in [9.17, 15) is 4.79 Å². The molecule has 0 bridgehead atoms. The van der Waals surface area contributed by atoms with Gasteiger partial charge in [-0.05, 0) is 36.3 Å². The van der Waals surface area contributed by atoms with Crippen LogP contribution in [-0.2, 0) is 9.53 Å². The van der Waals surface area contributed by atoms with E-state index in [2.05, 4.69) is 33.5 Å². The van der Waals surface area contributed by atoms with Crippen molar-refractivity contribution in [3.63, 3.8) is 0 Å².